The third kappa shape index (κ3) is 22.7. The van der Waals surface area contributed by atoms with Crippen LogP contribution < -0.4 is 5.32 Å². The monoisotopic (exact) mass is 1300 g/mol. The molecule has 0 fully saturated rings. The van der Waals surface area contributed by atoms with E-state index in [1.165, 1.54) is 18.7 Å². The average Bonchev–Trinajstić information content (AvgIpc) is 3.10. The number of anilines is 1. The summed E-state index contributed by atoms with van der Waals surface area (Å²) in [6, 6.07) is 1.65. The van der Waals surface area contributed by atoms with Gasteiger partial charge in [-0.15, -0.1) is 0 Å². The summed E-state index contributed by atoms with van der Waals surface area (Å²) >= 11 is 5.85. The van der Waals surface area contributed by atoms with Gasteiger partial charge in [0.05, 0.1) is 43.7 Å². The molecule has 0 saturated heterocycles. The molecular weight excluding hydrogens is 1230 g/mol. The van der Waals surface area contributed by atoms with Crippen molar-refractivity contribution in [1.29, 1.82) is 0 Å². The molecule has 0 aromatic heterocycles. The van der Waals surface area contributed by atoms with Crippen LogP contribution in [0.4, 0.5) is 5.69 Å². The number of ether oxygens (including phenoxy) is 6. The maximum Gasteiger partial charge on any atom is 0.348 e. The van der Waals surface area contributed by atoms with E-state index in [-0.39, 0.29) is 5.56 Å². The highest BCUT2D eigenvalue weighted by molar-refractivity contribution is 14.1. The summed E-state index contributed by atoms with van der Waals surface area (Å²) in [5.41, 5.74) is -6.99. The van der Waals surface area contributed by atoms with E-state index in [4.69, 9.17) is 28.4 Å². The van der Waals surface area contributed by atoms with E-state index >= 15 is 0 Å². The Bertz CT molecular complexity index is 1990. The summed E-state index contributed by atoms with van der Waals surface area (Å²) in [7, 11) is 0. The summed E-state index contributed by atoms with van der Waals surface area (Å²) in [4.78, 5) is 97.0. The Balaban J connectivity index is 4.43. The van der Waals surface area contributed by atoms with Crippen molar-refractivity contribution in [2.24, 2.45) is 0 Å². The van der Waals surface area contributed by atoms with E-state index < -0.39 is 133 Å². The Labute approximate surface area is 440 Å². The lowest BCUT2D eigenvalue weighted by Crippen LogP contribution is -2.66. The smallest absolute Gasteiger partial charge is 0.348 e. The highest BCUT2D eigenvalue weighted by atomic mass is 127. The van der Waals surface area contributed by atoms with Crippen LogP contribution in [0, 0.1) is 10.7 Å². The molecule has 0 saturated carbocycles. The molecule has 0 aliphatic rings. The van der Waals surface area contributed by atoms with Gasteiger partial charge in [-0.2, -0.15) is 0 Å². The second-order valence-electron chi connectivity index (χ2n) is 21.2. The van der Waals surface area contributed by atoms with Gasteiger partial charge in [0.15, 0.2) is 0 Å². The first-order valence-corrected chi connectivity index (χ1v) is 24.7. The predicted octanol–water partition coefficient (Wildman–Crippen LogP) is 6.64. The lowest BCUT2D eigenvalue weighted by atomic mass is 9.98. The van der Waals surface area contributed by atoms with E-state index in [0.717, 1.165) is 9.80 Å². The Morgan fingerprint density at radius 1 is 0.588 bits per heavy atom. The normalized spacial score (nSPS) is 15.0. The van der Waals surface area contributed by atoms with Crippen molar-refractivity contribution in [3.8, 4) is 0 Å². The second kappa shape index (κ2) is 25.2. The number of aliphatic carboxylic acids is 3. The summed E-state index contributed by atoms with van der Waals surface area (Å²) in [6.45, 7) is 23.2. The van der Waals surface area contributed by atoms with Crippen molar-refractivity contribution in [3.63, 3.8) is 0 Å². The summed E-state index contributed by atoms with van der Waals surface area (Å²) in [5.74, 6) is -7.62. The van der Waals surface area contributed by atoms with E-state index in [1.807, 2.05) is 67.8 Å². The van der Waals surface area contributed by atoms with Crippen LogP contribution in [0.3, 0.4) is 0 Å². The van der Waals surface area contributed by atoms with Crippen LogP contribution in [-0.4, -0.2) is 163 Å². The van der Waals surface area contributed by atoms with Crippen molar-refractivity contribution in [1.82, 2.24) is 14.7 Å². The first-order valence-electron chi connectivity index (χ1n) is 21.5. The summed E-state index contributed by atoms with van der Waals surface area (Å²) in [5, 5.41) is 35.0. The third-order valence-electron chi connectivity index (χ3n) is 8.55. The molecule has 0 aliphatic heterocycles. The van der Waals surface area contributed by atoms with Crippen LogP contribution in [0.15, 0.2) is 6.07 Å². The Hall–Kier alpha value is -2.54. The number of hydrogen-bond acceptors (Lipinski definition) is 16. The van der Waals surface area contributed by atoms with Crippen molar-refractivity contribution in [3.05, 3.63) is 22.3 Å². The minimum Gasteiger partial charge on any atom is -0.478 e. The molecule has 20 nitrogen and oxygen atoms in total. The molecule has 0 bridgehead atoms. The number of hydrogen-bond donors (Lipinski definition) is 4. The van der Waals surface area contributed by atoms with Crippen LogP contribution in [-0.2, 0) is 57.2 Å². The number of carboxylic acid groups (broad SMARTS) is 3. The first-order chi connectivity index (χ1) is 30.5. The Morgan fingerprint density at radius 2 is 0.985 bits per heavy atom. The van der Waals surface area contributed by atoms with Gasteiger partial charge in [-0.1, -0.05) is 0 Å². The quantitative estimate of drug-likeness (QED) is 0.0387. The molecule has 4 atom stereocenters. The van der Waals surface area contributed by atoms with Crippen LogP contribution in [0.5, 0.6) is 0 Å². The van der Waals surface area contributed by atoms with Crippen LogP contribution in [0.25, 0.3) is 0 Å². The fraction of sp³-hybridized carbons (Fsp3) is 0.711. The van der Waals surface area contributed by atoms with Gasteiger partial charge in [0, 0.05) is 33.7 Å². The minimum absolute atomic E-state index is 0.0461. The molecule has 68 heavy (non-hydrogen) atoms. The maximum atomic E-state index is 14.4. The molecule has 4 N–H and O–H groups in total. The molecule has 0 aliphatic carbocycles. The number of carboxylic acids is 3. The van der Waals surface area contributed by atoms with Crippen LogP contribution in [0.2, 0.25) is 0 Å². The number of esters is 3. The molecule has 388 valence electrons. The SMILES string of the molecule is CC(=O)Nc1c(I)cc(I)c(C(=O)OCC(C)(CN(CCN(CC(=O)OC(C)(C)C)C(OC(C)(C)C)C(=O)O)C(OC(C)(C)C)C(=O)O)N(CC(=O)OC(C)(C)C)C(OC(C)(C)C)C(=O)O)c1I. The van der Waals surface area contributed by atoms with Gasteiger partial charge in [-0.3, -0.25) is 24.2 Å². The van der Waals surface area contributed by atoms with Gasteiger partial charge in [-0.25, -0.2) is 24.1 Å². The van der Waals surface area contributed by atoms with Gasteiger partial charge < -0.3 is 49.1 Å². The molecule has 0 heterocycles. The predicted molar refractivity (Wildman–Crippen MR) is 276 cm³/mol. The number of benzene rings is 1. The van der Waals surface area contributed by atoms with Crippen molar-refractivity contribution in [2.75, 3.05) is 44.6 Å². The molecule has 0 spiro atoms. The van der Waals surface area contributed by atoms with Gasteiger partial charge in [0.2, 0.25) is 24.6 Å². The van der Waals surface area contributed by atoms with Crippen LogP contribution in [0.1, 0.15) is 128 Å². The Kier molecular flexibility index (Phi) is 23.5. The van der Waals surface area contributed by atoms with Gasteiger partial charge in [0.1, 0.15) is 24.4 Å². The number of amides is 1. The highest BCUT2D eigenvalue weighted by Gasteiger charge is 2.48. The third-order valence-corrected chi connectivity index (χ3v) is 11.3. The van der Waals surface area contributed by atoms with E-state index in [0.29, 0.717) is 16.4 Å². The molecule has 1 aromatic rings. The zero-order chi connectivity index (χ0) is 53.3. The van der Waals surface area contributed by atoms with E-state index in [2.05, 4.69) is 5.32 Å². The summed E-state index contributed by atoms with van der Waals surface area (Å²) in [6.07, 6.45) is -5.64. The largest absolute Gasteiger partial charge is 0.478 e. The topological polar surface area (TPSA) is 257 Å². The number of nitrogens with one attached hydrogen (secondary N) is 1. The van der Waals surface area contributed by atoms with E-state index in [9.17, 15) is 48.9 Å². The maximum absolute atomic E-state index is 14.4. The highest BCUT2D eigenvalue weighted by Crippen LogP contribution is 2.34. The first kappa shape index (κ1) is 63.5. The number of carbonyl (C=O) groups excluding carboxylic acids is 4. The second-order valence-corrected chi connectivity index (χ2v) is 24.6. The standard InChI is InChI=1S/C45H71I3N4O16/c1-25(53)49-32-27(47)20-26(46)30(31(32)48)39(62)63-24-45(17,52(22-29(55)65-41(5,6)7)35(38(60)61)68-44(14,15)16)23-51(34(37(58)59)67-43(11,12)13)19-18-50(21-28(54)64-40(2,3)4)33(36(56)57)66-42(8,9)10/h20,33-35H,18-19,21-24H2,1-17H3,(H,49,53)(H,56,57)(H,58,59)(H,60,61). The number of rotatable bonds is 23. The van der Waals surface area contributed by atoms with Crippen molar-refractivity contribution >= 4 is 115 Å². The lowest BCUT2D eigenvalue weighted by Gasteiger charge is -2.48. The number of halogens is 3. The zero-order valence-corrected chi connectivity index (χ0v) is 48.6. The molecule has 4 unspecified atom stereocenters. The van der Waals surface area contributed by atoms with Crippen molar-refractivity contribution in [2.45, 2.75) is 170 Å². The Morgan fingerprint density at radius 3 is 1.38 bits per heavy atom. The molecule has 1 rings (SSSR count). The fourth-order valence-electron chi connectivity index (χ4n) is 6.26. The van der Waals surface area contributed by atoms with E-state index in [1.54, 1.807) is 110 Å². The molecule has 1 aromatic carbocycles. The number of carbonyl (C=O) groups is 7. The summed E-state index contributed by atoms with van der Waals surface area (Å²) < 4.78 is 36.9. The molecule has 23 heteroatoms. The average molecular weight is 1300 g/mol. The van der Waals surface area contributed by atoms with Gasteiger partial charge in [-0.05, 0) is 185 Å². The zero-order valence-electron chi connectivity index (χ0n) is 42.2. The lowest BCUT2D eigenvalue weighted by molar-refractivity contribution is -0.211. The van der Waals surface area contributed by atoms with Crippen LogP contribution >= 0.6 is 67.8 Å². The van der Waals surface area contributed by atoms with Gasteiger partial charge >= 0.3 is 35.8 Å². The fourth-order valence-corrected chi connectivity index (χ4v) is 10.3. The minimum atomic E-state index is -1.98. The molecular formula is C45H71I3N4O16. The number of nitrogens with zero attached hydrogens (tertiary/aromatic N) is 3. The molecule has 0 radical (unpaired) electrons. The molecule has 1 amide bonds. The van der Waals surface area contributed by atoms with Crippen molar-refractivity contribution < 1.29 is 77.3 Å². The van der Waals surface area contributed by atoms with Gasteiger partial charge in [0.25, 0.3) is 0 Å².